The zero-order valence-electron chi connectivity index (χ0n) is 11.2. The highest BCUT2D eigenvalue weighted by Crippen LogP contribution is 2.17. The SMILES string of the molecule is CC(=O)CCNC(=O)NCCN1C(=O)CC(C)C1=O. The summed E-state index contributed by atoms with van der Waals surface area (Å²) in [5, 5.41) is 5.04. The number of hydrogen-bond donors (Lipinski definition) is 2. The molecule has 2 N–H and O–H groups in total. The topological polar surface area (TPSA) is 95.6 Å². The molecule has 1 aliphatic rings. The fraction of sp³-hybridized carbons (Fsp3) is 0.667. The second kappa shape index (κ2) is 6.86. The smallest absolute Gasteiger partial charge is 0.314 e. The molecule has 4 amide bonds. The minimum absolute atomic E-state index is 0.00236. The summed E-state index contributed by atoms with van der Waals surface area (Å²) in [4.78, 5) is 46.2. The molecule has 0 spiro atoms. The summed E-state index contributed by atoms with van der Waals surface area (Å²) in [5.41, 5.74) is 0. The highest BCUT2D eigenvalue weighted by atomic mass is 16.2. The van der Waals surface area contributed by atoms with Crippen molar-refractivity contribution in [2.45, 2.75) is 26.7 Å². The van der Waals surface area contributed by atoms with Crippen molar-refractivity contribution in [3.05, 3.63) is 0 Å². The van der Waals surface area contributed by atoms with Gasteiger partial charge in [-0.05, 0) is 6.92 Å². The van der Waals surface area contributed by atoms with Crippen molar-refractivity contribution < 1.29 is 19.2 Å². The van der Waals surface area contributed by atoms with Crippen LogP contribution in [0, 0.1) is 5.92 Å². The van der Waals surface area contributed by atoms with Crippen molar-refractivity contribution in [1.29, 1.82) is 0 Å². The van der Waals surface area contributed by atoms with E-state index in [-0.39, 0.29) is 56.0 Å². The molecule has 1 atom stereocenters. The minimum Gasteiger partial charge on any atom is -0.338 e. The van der Waals surface area contributed by atoms with Crippen molar-refractivity contribution in [3.63, 3.8) is 0 Å². The van der Waals surface area contributed by atoms with E-state index in [9.17, 15) is 19.2 Å². The third-order valence-corrected chi connectivity index (χ3v) is 2.85. The fourth-order valence-corrected chi connectivity index (χ4v) is 1.78. The molecule has 1 aliphatic heterocycles. The Labute approximate surface area is 111 Å². The molecule has 1 saturated heterocycles. The number of rotatable bonds is 6. The average Bonchev–Trinajstić information content (AvgIpc) is 2.55. The van der Waals surface area contributed by atoms with Gasteiger partial charge in [-0.3, -0.25) is 19.3 Å². The summed E-state index contributed by atoms with van der Waals surface area (Å²) in [6.45, 7) is 3.82. The summed E-state index contributed by atoms with van der Waals surface area (Å²) in [7, 11) is 0. The number of imide groups is 1. The number of carbonyl (C=O) groups excluding carboxylic acids is 4. The van der Waals surface area contributed by atoms with E-state index in [0.717, 1.165) is 0 Å². The molecule has 0 saturated carbocycles. The van der Waals surface area contributed by atoms with E-state index in [2.05, 4.69) is 10.6 Å². The van der Waals surface area contributed by atoms with Gasteiger partial charge in [0.05, 0.1) is 0 Å². The lowest BCUT2D eigenvalue weighted by Crippen LogP contribution is -2.42. The highest BCUT2D eigenvalue weighted by molar-refractivity contribution is 6.03. The van der Waals surface area contributed by atoms with E-state index in [1.807, 2.05) is 0 Å². The lowest BCUT2D eigenvalue weighted by molar-refractivity contribution is -0.139. The Morgan fingerprint density at radius 1 is 1.26 bits per heavy atom. The molecule has 1 rings (SSSR count). The molecular formula is C12H19N3O4. The lowest BCUT2D eigenvalue weighted by atomic mass is 10.1. The fourth-order valence-electron chi connectivity index (χ4n) is 1.78. The van der Waals surface area contributed by atoms with Gasteiger partial charge < -0.3 is 10.6 Å². The Bertz CT molecular complexity index is 394. The standard InChI is InChI=1S/C12H19N3O4/c1-8-7-10(17)15(11(8)18)6-5-14-12(19)13-4-3-9(2)16/h8H,3-7H2,1-2H3,(H2,13,14,19). The summed E-state index contributed by atoms with van der Waals surface area (Å²) < 4.78 is 0. The van der Waals surface area contributed by atoms with E-state index in [1.54, 1.807) is 6.92 Å². The molecule has 7 heteroatoms. The Kier molecular flexibility index (Phi) is 5.47. The number of Topliss-reactive ketones (excluding diaryl/α,β-unsaturated/α-hetero) is 1. The summed E-state index contributed by atoms with van der Waals surface area (Å²) in [5.74, 6) is -0.653. The molecule has 0 aromatic carbocycles. The molecule has 1 fully saturated rings. The minimum atomic E-state index is -0.409. The molecule has 0 aliphatic carbocycles. The Morgan fingerprint density at radius 2 is 1.89 bits per heavy atom. The van der Waals surface area contributed by atoms with E-state index >= 15 is 0 Å². The van der Waals surface area contributed by atoms with Gasteiger partial charge in [0.15, 0.2) is 0 Å². The molecule has 1 unspecified atom stereocenters. The summed E-state index contributed by atoms with van der Waals surface area (Å²) >= 11 is 0. The van der Waals surface area contributed by atoms with Gasteiger partial charge in [0.2, 0.25) is 11.8 Å². The van der Waals surface area contributed by atoms with Crippen LogP contribution in [0.5, 0.6) is 0 Å². The van der Waals surface area contributed by atoms with Gasteiger partial charge in [-0.1, -0.05) is 6.92 Å². The number of amides is 4. The number of carbonyl (C=O) groups is 4. The predicted octanol–water partition coefficient (Wildman–Crippen LogP) is -0.340. The Morgan fingerprint density at radius 3 is 2.42 bits per heavy atom. The van der Waals surface area contributed by atoms with Crippen LogP contribution in [0.1, 0.15) is 26.7 Å². The number of urea groups is 1. The first-order valence-corrected chi connectivity index (χ1v) is 6.27. The van der Waals surface area contributed by atoms with Gasteiger partial charge >= 0.3 is 6.03 Å². The lowest BCUT2D eigenvalue weighted by Gasteiger charge is -2.14. The first kappa shape index (κ1) is 15.1. The molecule has 0 aromatic rings. The van der Waals surface area contributed by atoms with E-state index in [1.165, 1.54) is 11.8 Å². The van der Waals surface area contributed by atoms with Crippen LogP contribution in [0.4, 0.5) is 4.79 Å². The number of likely N-dealkylation sites (tertiary alicyclic amines) is 1. The van der Waals surface area contributed by atoms with Gasteiger partial charge in [0.1, 0.15) is 5.78 Å². The van der Waals surface area contributed by atoms with Crippen LogP contribution in [0.25, 0.3) is 0 Å². The second-order valence-electron chi connectivity index (χ2n) is 4.62. The summed E-state index contributed by atoms with van der Waals surface area (Å²) in [6.07, 6.45) is 0.525. The normalized spacial score (nSPS) is 18.6. The van der Waals surface area contributed by atoms with Gasteiger partial charge in [-0.25, -0.2) is 4.79 Å². The molecule has 106 valence electrons. The Hall–Kier alpha value is -1.92. The van der Waals surface area contributed by atoms with E-state index in [0.29, 0.717) is 0 Å². The van der Waals surface area contributed by atoms with Crippen LogP contribution in [-0.4, -0.2) is 48.2 Å². The van der Waals surface area contributed by atoms with Crippen LogP contribution in [-0.2, 0) is 14.4 Å². The number of hydrogen-bond acceptors (Lipinski definition) is 4. The monoisotopic (exact) mass is 269 g/mol. The maximum atomic E-state index is 11.6. The largest absolute Gasteiger partial charge is 0.338 e. The predicted molar refractivity (Wildman–Crippen MR) is 67.2 cm³/mol. The molecule has 7 nitrogen and oxygen atoms in total. The molecule has 0 radical (unpaired) electrons. The average molecular weight is 269 g/mol. The number of nitrogens with zero attached hydrogens (tertiary/aromatic N) is 1. The first-order chi connectivity index (χ1) is 8.91. The second-order valence-corrected chi connectivity index (χ2v) is 4.62. The van der Waals surface area contributed by atoms with Gasteiger partial charge in [0, 0.05) is 38.4 Å². The van der Waals surface area contributed by atoms with Crippen LogP contribution >= 0.6 is 0 Å². The number of nitrogens with one attached hydrogen (secondary N) is 2. The quantitative estimate of drug-likeness (QED) is 0.645. The highest BCUT2D eigenvalue weighted by Gasteiger charge is 2.34. The summed E-state index contributed by atoms with van der Waals surface area (Å²) in [6, 6.07) is -0.409. The van der Waals surface area contributed by atoms with E-state index < -0.39 is 6.03 Å². The van der Waals surface area contributed by atoms with Crippen LogP contribution < -0.4 is 10.6 Å². The van der Waals surface area contributed by atoms with Crippen LogP contribution in [0.15, 0.2) is 0 Å². The van der Waals surface area contributed by atoms with Crippen LogP contribution in [0.3, 0.4) is 0 Å². The van der Waals surface area contributed by atoms with Gasteiger partial charge in [-0.2, -0.15) is 0 Å². The van der Waals surface area contributed by atoms with E-state index in [4.69, 9.17) is 0 Å². The molecule has 0 aromatic heterocycles. The zero-order chi connectivity index (χ0) is 14.4. The van der Waals surface area contributed by atoms with Crippen molar-refractivity contribution in [2.24, 2.45) is 5.92 Å². The molecule has 19 heavy (non-hydrogen) atoms. The maximum absolute atomic E-state index is 11.6. The molecule has 0 bridgehead atoms. The van der Waals surface area contributed by atoms with Gasteiger partial charge in [-0.15, -0.1) is 0 Å². The number of ketones is 1. The van der Waals surface area contributed by atoms with Crippen molar-refractivity contribution in [3.8, 4) is 0 Å². The van der Waals surface area contributed by atoms with Crippen LogP contribution in [0.2, 0.25) is 0 Å². The third-order valence-electron chi connectivity index (χ3n) is 2.85. The third kappa shape index (κ3) is 4.69. The van der Waals surface area contributed by atoms with Crippen molar-refractivity contribution in [2.75, 3.05) is 19.6 Å². The Balaban J connectivity index is 2.20. The van der Waals surface area contributed by atoms with Gasteiger partial charge in [0.25, 0.3) is 0 Å². The zero-order valence-corrected chi connectivity index (χ0v) is 11.2. The first-order valence-electron chi connectivity index (χ1n) is 6.27. The molecular weight excluding hydrogens is 250 g/mol. The maximum Gasteiger partial charge on any atom is 0.314 e. The van der Waals surface area contributed by atoms with Crippen molar-refractivity contribution >= 4 is 23.6 Å². The van der Waals surface area contributed by atoms with Crippen molar-refractivity contribution in [1.82, 2.24) is 15.5 Å². The molecule has 1 heterocycles.